The Morgan fingerprint density at radius 3 is 2.59 bits per heavy atom. The number of aromatic nitrogens is 1. The first kappa shape index (κ1) is 23.7. The molecule has 174 valence electrons. The fraction of sp³-hybridized carbons (Fsp3) is 0.522. The van der Waals surface area contributed by atoms with Gasteiger partial charge in [0.25, 0.3) is 5.91 Å². The number of hydrogen-bond acceptors (Lipinski definition) is 7. The molecule has 3 rings (SSSR count). The molecule has 0 unspecified atom stereocenters. The largest absolute Gasteiger partial charge is 0.488 e. The topological polar surface area (TPSA) is 97.1 Å². The summed E-state index contributed by atoms with van der Waals surface area (Å²) < 4.78 is 16.1. The Kier molecular flexibility index (Phi) is 8.64. The number of ether oxygens (including phenoxy) is 2. The van der Waals surface area contributed by atoms with Gasteiger partial charge in [-0.1, -0.05) is 17.3 Å². The zero-order valence-electron chi connectivity index (χ0n) is 19.1. The number of carbonyl (C=O) groups excluding carboxylic acids is 2. The van der Waals surface area contributed by atoms with Gasteiger partial charge in [-0.25, -0.2) is 0 Å². The van der Waals surface area contributed by atoms with E-state index in [4.69, 9.17) is 14.0 Å². The zero-order chi connectivity index (χ0) is 22.9. The lowest BCUT2D eigenvalue weighted by atomic mass is 10.1. The Balaban J connectivity index is 1.51. The Morgan fingerprint density at radius 2 is 1.91 bits per heavy atom. The van der Waals surface area contributed by atoms with Crippen LogP contribution in [0.3, 0.4) is 0 Å². The molecule has 9 heteroatoms. The van der Waals surface area contributed by atoms with E-state index in [1.165, 1.54) is 0 Å². The van der Waals surface area contributed by atoms with Crippen LogP contribution in [-0.4, -0.2) is 79.8 Å². The van der Waals surface area contributed by atoms with E-state index in [-0.39, 0.29) is 11.8 Å². The van der Waals surface area contributed by atoms with Crippen LogP contribution < -0.4 is 10.1 Å². The first-order chi connectivity index (χ1) is 15.5. The number of hydrogen-bond donors (Lipinski definition) is 1. The van der Waals surface area contributed by atoms with Crippen LogP contribution in [-0.2, 0) is 16.1 Å². The van der Waals surface area contributed by atoms with Crippen LogP contribution >= 0.6 is 0 Å². The van der Waals surface area contributed by atoms with Crippen molar-refractivity contribution in [3.05, 3.63) is 46.8 Å². The first-order valence-electron chi connectivity index (χ1n) is 10.9. The number of carbonyl (C=O) groups is 2. The summed E-state index contributed by atoms with van der Waals surface area (Å²) in [6, 6.07) is 7.27. The summed E-state index contributed by atoms with van der Waals surface area (Å²) in [6.45, 7) is 8.01. The summed E-state index contributed by atoms with van der Waals surface area (Å²) in [4.78, 5) is 29.1. The van der Waals surface area contributed by atoms with Crippen LogP contribution in [0.4, 0.5) is 0 Å². The van der Waals surface area contributed by atoms with Gasteiger partial charge in [-0.15, -0.1) is 0 Å². The number of benzene rings is 1. The zero-order valence-corrected chi connectivity index (χ0v) is 19.1. The molecule has 0 saturated carbocycles. The van der Waals surface area contributed by atoms with E-state index < -0.39 is 0 Å². The summed E-state index contributed by atoms with van der Waals surface area (Å²) >= 11 is 0. The van der Waals surface area contributed by atoms with E-state index >= 15 is 0 Å². The van der Waals surface area contributed by atoms with E-state index in [1.54, 1.807) is 19.2 Å². The van der Waals surface area contributed by atoms with Crippen LogP contribution in [0.2, 0.25) is 0 Å². The van der Waals surface area contributed by atoms with Gasteiger partial charge in [0.05, 0.1) is 23.4 Å². The monoisotopic (exact) mass is 444 g/mol. The molecule has 0 atom stereocenters. The molecule has 0 radical (unpaired) electrons. The van der Waals surface area contributed by atoms with E-state index in [2.05, 4.69) is 15.4 Å². The Morgan fingerprint density at radius 1 is 1.16 bits per heavy atom. The van der Waals surface area contributed by atoms with Crippen LogP contribution in [0.5, 0.6) is 5.75 Å². The molecule has 0 bridgehead atoms. The molecule has 2 amide bonds. The molecule has 0 spiro atoms. The Bertz CT molecular complexity index is 886. The van der Waals surface area contributed by atoms with Crippen molar-refractivity contribution in [2.45, 2.75) is 26.9 Å². The average molecular weight is 445 g/mol. The molecule has 1 aromatic heterocycles. The van der Waals surface area contributed by atoms with Crippen molar-refractivity contribution < 1.29 is 23.6 Å². The lowest BCUT2D eigenvalue weighted by Gasteiger charge is -2.34. The van der Waals surface area contributed by atoms with Crippen LogP contribution in [0.25, 0.3) is 0 Å². The second-order valence-corrected chi connectivity index (χ2v) is 7.85. The molecule has 1 saturated heterocycles. The van der Waals surface area contributed by atoms with Crippen molar-refractivity contribution >= 4 is 11.8 Å². The first-order valence-corrected chi connectivity index (χ1v) is 10.9. The maximum atomic E-state index is 13.2. The average Bonchev–Trinajstić information content (AvgIpc) is 3.12. The summed E-state index contributed by atoms with van der Waals surface area (Å²) in [5.41, 5.74) is 2.20. The van der Waals surface area contributed by atoms with Crippen molar-refractivity contribution in [3.63, 3.8) is 0 Å². The van der Waals surface area contributed by atoms with Crippen molar-refractivity contribution in [1.29, 1.82) is 0 Å². The van der Waals surface area contributed by atoms with E-state index in [0.29, 0.717) is 69.6 Å². The molecule has 0 aliphatic carbocycles. The molecular weight excluding hydrogens is 412 g/mol. The fourth-order valence-corrected chi connectivity index (χ4v) is 3.61. The molecule has 1 N–H and O–H groups in total. The number of aryl methyl sites for hydroxylation is 2. The Hall–Kier alpha value is -2.91. The summed E-state index contributed by atoms with van der Waals surface area (Å²) in [5, 5.41) is 6.84. The number of methoxy groups -OCH3 is 1. The molecule has 1 aliphatic rings. The second-order valence-electron chi connectivity index (χ2n) is 7.85. The van der Waals surface area contributed by atoms with Gasteiger partial charge >= 0.3 is 0 Å². The van der Waals surface area contributed by atoms with E-state index in [1.807, 2.05) is 30.9 Å². The molecule has 2 aromatic rings. The fourth-order valence-electron chi connectivity index (χ4n) is 3.61. The van der Waals surface area contributed by atoms with Gasteiger partial charge < -0.3 is 24.2 Å². The normalized spacial score (nSPS) is 14.4. The van der Waals surface area contributed by atoms with Gasteiger partial charge in [-0.05, 0) is 32.4 Å². The van der Waals surface area contributed by atoms with Gasteiger partial charge in [-0.2, -0.15) is 0 Å². The van der Waals surface area contributed by atoms with Gasteiger partial charge in [0.15, 0.2) is 0 Å². The minimum Gasteiger partial charge on any atom is -0.488 e. The van der Waals surface area contributed by atoms with Crippen molar-refractivity contribution in [3.8, 4) is 5.75 Å². The number of nitrogens with one attached hydrogen (secondary N) is 1. The molecule has 2 heterocycles. The molecule has 1 aliphatic heterocycles. The van der Waals surface area contributed by atoms with Gasteiger partial charge in [0.2, 0.25) is 5.91 Å². The lowest BCUT2D eigenvalue weighted by molar-refractivity contribution is -0.122. The third kappa shape index (κ3) is 6.30. The highest BCUT2D eigenvalue weighted by atomic mass is 16.5. The standard InChI is InChI=1S/C23H32N4O5/c1-17-20(18(2)32-25-17)16-31-21-8-5-4-7-19(21)23(29)27-12-10-26(11-13-27)15-22(28)24-9-6-14-30-3/h4-5,7-8H,6,9-16H2,1-3H3,(H,24,28). The Labute approximate surface area is 188 Å². The van der Waals surface area contributed by atoms with Crippen LogP contribution in [0.1, 0.15) is 33.8 Å². The maximum Gasteiger partial charge on any atom is 0.257 e. The van der Waals surface area contributed by atoms with Crippen LogP contribution in [0.15, 0.2) is 28.8 Å². The lowest BCUT2D eigenvalue weighted by Crippen LogP contribution is -2.51. The highest BCUT2D eigenvalue weighted by Gasteiger charge is 2.25. The number of amides is 2. The molecule has 1 fully saturated rings. The van der Waals surface area contributed by atoms with Crippen molar-refractivity contribution in [2.24, 2.45) is 0 Å². The highest BCUT2D eigenvalue weighted by Crippen LogP contribution is 2.23. The van der Waals surface area contributed by atoms with E-state index in [9.17, 15) is 9.59 Å². The van der Waals surface area contributed by atoms with Crippen molar-refractivity contribution in [2.75, 3.05) is 53.0 Å². The van der Waals surface area contributed by atoms with Gasteiger partial charge in [-0.3, -0.25) is 14.5 Å². The molecule has 1 aromatic carbocycles. The minimum absolute atomic E-state index is 0.000974. The smallest absolute Gasteiger partial charge is 0.257 e. The number of piperazine rings is 1. The third-order valence-electron chi connectivity index (χ3n) is 5.54. The third-order valence-corrected chi connectivity index (χ3v) is 5.54. The van der Waals surface area contributed by atoms with E-state index in [0.717, 1.165) is 17.7 Å². The number of rotatable bonds is 10. The molecule has 9 nitrogen and oxygen atoms in total. The van der Waals surface area contributed by atoms with Crippen LogP contribution in [0, 0.1) is 13.8 Å². The van der Waals surface area contributed by atoms with Crippen molar-refractivity contribution in [1.82, 2.24) is 20.3 Å². The van der Waals surface area contributed by atoms with Gasteiger partial charge in [0.1, 0.15) is 18.1 Å². The maximum absolute atomic E-state index is 13.2. The highest BCUT2D eigenvalue weighted by molar-refractivity contribution is 5.97. The SMILES string of the molecule is COCCCNC(=O)CN1CCN(C(=O)c2ccccc2OCc2c(C)noc2C)CC1. The predicted octanol–water partition coefficient (Wildman–Crippen LogP) is 1.78. The second kappa shape index (κ2) is 11.6. The number of para-hydroxylation sites is 1. The quantitative estimate of drug-likeness (QED) is 0.558. The molecular formula is C23H32N4O5. The minimum atomic E-state index is -0.0666. The summed E-state index contributed by atoms with van der Waals surface area (Å²) in [7, 11) is 1.64. The molecule has 32 heavy (non-hydrogen) atoms. The number of nitrogens with zero attached hydrogens (tertiary/aromatic N) is 3. The summed E-state index contributed by atoms with van der Waals surface area (Å²) in [6.07, 6.45) is 0.794. The predicted molar refractivity (Wildman–Crippen MR) is 119 cm³/mol. The summed E-state index contributed by atoms with van der Waals surface area (Å²) in [5.74, 6) is 1.18. The van der Waals surface area contributed by atoms with Gasteiger partial charge in [0, 0.05) is 46.4 Å².